The largest absolute Gasteiger partial charge is 0.463 e. The Morgan fingerprint density at radius 2 is 1.20 bits per heavy atom. The molecule has 0 atom stereocenters. The monoisotopic (exact) mass is 288 g/mol. The summed E-state index contributed by atoms with van der Waals surface area (Å²) in [5.41, 5.74) is 0. The fourth-order valence-corrected chi connectivity index (χ4v) is 2.26. The molecule has 3 nitrogen and oxygen atoms in total. The maximum absolute atomic E-state index is 11.3. The molecule has 0 aliphatic rings. The number of unbranched alkanes of at least 4 members (excludes halogenated alkanes) is 10. The van der Waals surface area contributed by atoms with E-state index < -0.39 is 0 Å². The van der Waals surface area contributed by atoms with Crippen LogP contribution in [0.5, 0.6) is 0 Å². The van der Waals surface area contributed by atoms with Gasteiger partial charge in [0.25, 0.3) is 0 Å². The minimum atomic E-state index is -0.0362. The van der Waals surface area contributed by atoms with Gasteiger partial charge in [-0.15, -0.1) is 0 Å². The molecule has 0 aromatic rings. The summed E-state index contributed by atoms with van der Waals surface area (Å²) in [6.45, 7) is 6.06. The Bertz CT molecular complexity index is 202. The molecule has 0 heterocycles. The van der Waals surface area contributed by atoms with Crippen LogP contribution in [0, 0.1) is 0 Å². The zero-order valence-electron chi connectivity index (χ0n) is 13.9. The van der Waals surface area contributed by atoms with Gasteiger partial charge >= 0.3 is 5.97 Å². The van der Waals surface area contributed by atoms with E-state index in [-0.39, 0.29) is 17.5 Å². The van der Waals surface area contributed by atoms with Crippen molar-refractivity contribution < 1.29 is 15.0 Å². The van der Waals surface area contributed by atoms with Gasteiger partial charge in [0.1, 0.15) is 0 Å². The molecule has 0 spiro atoms. The molecule has 0 rings (SSSR count). The van der Waals surface area contributed by atoms with E-state index in [0.717, 1.165) is 6.42 Å². The number of esters is 1. The lowest BCUT2D eigenvalue weighted by Gasteiger charge is -2.07. The van der Waals surface area contributed by atoms with Crippen LogP contribution in [0.4, 0.5) is 0 Å². The third kappa shape index (κ3) is 17.4. The molecule has 0 saturated carbocycles. The number of rotatable bonds is 13. The van der Waals surface area contributed by atoms with E-state index in [1.807, 2.05) is 13.8 Å². The molecule has 2 N–H and O–H groups in total. The van der Waals surface area contributed by atoms with E-state index in [0.29, 0.717) is 6.42 Å². The number of ether oxygens (including phenoxy) is 1. The van der Waals surface area contributed by atoms with Crippen LogP contribution >= 0.6 is 0 Å². The average molecular weight is 288 g/mol. The smallest absolute Gasteiger partial charge is 0.306 e. The van der Waals surface area contributed by atoms with E-state index in [2.05, 4.69) is 6.92 Å². The Labute approximate surface area is 125 Å². The Morgan fingerprint density at radius 1 is 0.800 bits per heavy atom. The number of carbonyl (C=O) groups is 1. The fraction of sp³-hybridized carbons (Fsp3) is 0.941. The van der Waals surface area contributed by atoms with Crippen LogP contribution in [0.25, 0.3) is 0 Å². The van der Waals surface area contributed by atoms with Crippen molar-refractivity contribution in [3.05, 3.63) is 0 Å². The molecule has 0 aliphatic carbocycles. The first kappa shape index (κ1) is 21.7. The van der Waals surface area contributed by atoms with Crippen molar-refractivity contribution in [3.8, 4) is 0 Å². The molecular weight excluding hydrogens is 252 g/mol. The average Bonchev–Trinajstić information content (AvgIpc) is 2.35. The molecule has 0 unspecified atom stereocenters. The number of hydrogen-bond acceptors (Lipinski definition) is 2. The van der Waals surface area contributed by atoms with Gasteiger partial charge in [-0.25, -0.2) is 0 Å². The fourth-order valence-electron chi connectivity index (χ4n) is 2.26. The Balaban J connectivity index is 0. The van der Waals surface area contributed by atoms with Crippen LogP contribution in [-0.4, -0.2) is 17.5 Å². The summed E-state index contributed by atoms with van der Waals surface area (Å²) in [5, 5.41) is 0. The third-order valence-electron chi connectivity index (χ3n) is 3.35. The van der Waals surface area contributed by atoms with Gasteiger partial charge in [0.2, 0.25) is 0 Å². The van der Waals surface area contributed by atoms with E-state index in [1.54, 1.807) is 0 Å². The van der Waals surface area contributed by atoms with Crippen molar-refractivity contribution in [1.29, 1.82) is 0 Å². The van der Waals surface area contributed by atoms with Gasteiger partial charge in [0.15, 0.2) is 0 Å². The van der Waals surface area contributed by atoms with Crippen LogP contribution in [0.15, 0.2) is 0 Å². The van der Waals surface area contributed by atoms with Gasteiger partial charge in [-0.3, -0.25) is 4.79 Å². The second-order valence-electron chi connectivity index (χ2n) is 5.82. The van der Waals surface area contributed by atoms with Crippen LogP contribution in [0.3, 0.4) is 0 Å². The highest BCUT2D eigenvalue weighted by Gasteiger charge is 2.04. The predicted octanol–water partition coefficient (Wildman–Crippen LogP) is 4.81. The summed E-state index contributed by atoms with van der Waals surface area (Å²) in [4.78, 5) is 11.3. The van der Waals surface area contributed by atoms with Crippen LogP contribution < -0.4 is 0 Å². The van der Waals surface area contributed by atoms with Gasteiger partial charge in [-0.1, -0.05) is 71.1 Å². The van der Waals surface area contributed by atoms with Crippen molar-refractivity contribution in [3.63, 3.8) is 0 Å². The second kappa shape index (κ2) is 16.5. The zero-order valence-corrected chi connectivity index (χ0v) is 13.9. The van der Waals surface area contributed by atoms with Gasteiger partial charge < -0.3 is 10.2 Å². The highest BCUT2D eigenvalue weighted by molar-refractivity contribution is 5.69. The van der Waals surface area contributed by atoms with Crippen LogP contribution in [0.2, 0.25) is 0 Å². The first-order chi connectivity index (χ1) is 9.16. The quantitative estimate of drug-likeness (QED) is 0.360. The Morgan fingerprint density at radius 3 is 1.60 bits per heavy atom. The maximum atomic E-state index is 11.3. The Kier molecular flexibility index (Phi) is 17.9. The predicted molar refractivity (Wildman–Crippen MR) is 85.9 cm³/mol. The van der Waals surface area contributed by atoms with E-state index in [4.69, 9.17) is 4.74 Å². The van der Waals surface area contributed by atoms with E-state index >= 15 is 0 Å². The Hall–Kier alpha value is -0.570. The summed E-state index contributed by atoms with van der Waals surface area (Å²) in [5.74, 6) is -0.0362. The molecule has 0 radical (unpaired) electrons. The maximum Gasteiger partial charge on any atom is 0.306 e. The first-order valence-corrected chi connectivity index (χ1v) is 8.36. The van der Waals surface area contributed by atoms with Crippen molar-refractivity contribution in [2.24, 2.45) is 0 Å². The molecule has 0 saturated heterocycles. The minimum absolute atomic E-state index is 0. The summed E-state index contributed by atoms with van der Waals surface area (Å²) in [7, 11) is 0. The molecule has 0 amide bonds. The van der Waals surface area contributed by atoms with Gasteiger partial charge in [0.05, 0.1) is 6.10 Å². The van der Waals surface area contributed by atoms with E-state index in [9.17, 15) is 4.79 Å². The molecule has 122 valence electrons. The topological polar surface area (TPSA) is 57.8 Å². The zero-order chi connectivity index (χ0) is 14.3. The highest BCUT2D eigenvalue weighted by Crippen LogP contribution is 2.12. The summed E-state index contributed by atoms with van der Waals surface area (Å²) >= 11 is 0. The minimum Gasteiger partial charge on any atom is -0.463 e. The van der Waals surface area contributed by atoms with E-state index in [1.165, 1.54) is 64.2 Å². The van der Waals surface area contributed by atoms with Crippen molar-refractivity contribution >= 4 is 5.97 Å². The molecule has 3 heteroatoms. The lowest BCUT2D eigenvalue weighted by Crippen LogP contribution is -2.10. The SMILES string of the molecule is CCCCCCCCCCCCCC(=O)OC(C)C.O. The molecule has 20 heavy (non-hydrogen) atoms. The summed E-state index contributed by atoms with van der Waals surface area (Å²) in [6, 6.07) is 0. The number of hydrogen-bond donors (Lipinski definition) is 0. The molecular formula is C17H36O3. The number of carbonyl (C=O) groups excluding carboxylic acids is 1. The normalized spacial score (nSPS) is 10.4. The van der Waals surface area contributed by atoms with Crippen molar-refractivity contribution in [2.45, 2.75) is 104 Å². The van der Waals surface area contributed by atoms with Crippen LogP contribution in [0.1, 0.15) is 97.8 Å². The van der Waals surface area contributed by atoms with Crippen LogP contribution in [-0.2, 0) is 9.53 Å². The summed E-state index contributed by atoms with van der Waals surface area (Å²) in [6.07, 6.45) is 15.1. The molecule has 0 bridgehead atoms. The molecule has 0 aromatic carbocycles. The van der Waals surface area contributed by atoms with Gasteiger partial charge in [-0.05, 0) is 20.3 Å². The molecule has 0 aliphatic heterocycles. The first-order valence-electron chi connectivity index (χ1n) is 8.36. The van der Waals surface area contributed by atoms with Crippen molar-refractivity contribution in [1.82, 2.24) is 0 Å². The highest BCUT2D eigenvalue weighted by atomic mass is 16.5. The molecule has 0 fully saturated rings. The van der Waals surface area contributed by atoms with Crippen molar-refractivity contribution in [2.75, 3.05) is 0 Å². The third-order valence-corrected chi connectivity index (χ3v) is 3.35. The lowest BCUT2D eigenvalue weighted by atomic mass is 10.1. The summed E-state index contributed by atoms with van der Waals surface area (Å²) < 4.78 is 5.10. The van der Waals surface area contributed by atoms with Gasteiger partial charge in [0, 0.05) is 6.42 Å². The standard InChI is InChI=1S/C17H34O2.H2O/c1-4-5-6-7-8-9-10-11-12-13-14-15-17(18)19-16(2)3;/h16H,4-15H2,1-3H3;1H2. The lowest BCUT2D eigenvalue weighted by molar-refractivity contribution is -0.147. The molecule has 0 aromatic heterocycles. The van der Waals surface area contributed by atoms with Gasteiger partial charge in [-0.2, -0.15) is 0 Å². The second-order valence-corrected chi connectivity index (χ2v) is 5.82.